The van der Waals surface area contributed by atoms with Crippen LogP contribution in [0.2, 0.25) is 0 Å². The summed E-state index contributed by atoms with van der Waals surface area (Å²) in [7, 11) is 0. The summed E-state index contributed by atoms with van der Waals surface area (Å²) in [5, 5.41) is 4.94. The van der Waals surface area contributed by atoms with Crippen LogP contribution in [0.15, 0.2) is 55.1 Å². The lowest BCUT2D eigenvalue weighted by Gasteiger charge is -2.33. The molecule has 0 radical (unpaired) electrons. The maximum Gasteiger partial charge on any atom is 0.0945 e. The second-order valence-corrected chi connectivity index (χ2v) is 6.73. The van der Waals surface area contributed by atoms with E-state index in [9.17, 15) is 0 Å². The summed E-state index contributed by atoms with van der Waals surface area (Å²) in [6.45, 7) is 4.27. The van der Waals surface area contributed by atoms with E-state index >= 15 is 0 Å². The number of nitrogens with zero attached hydrogens (tertiary/aromatic N) is 4. The molecule has 0 bridgehead atoms. The second kappa shape index (κ2) is 6.76. The van der Waals surface area contributed by atoms with Crippen LogP contribution in [0.3, 0.4) is 0 Å². The van der Waals surface area contributed by atoms with E-state index in [1.165, 1.54) is 0 Å². The van der Waals surface area contributed by atoms with Gasteiger partial charge in [0.25, 0.3) is 0 Å². The Morgan fingerprint density at radius 1 is 0.960 bits per heavy atom. The van der Waals surface area contributed by atoms with E-state index in [4.69, 9.17) is 9.84 Å². The zero-order valence-corrected chi connectivity index (χ0v) is 14.5. The maximum atomic E-state index is 5.91. The molecule has 2 unspecified atom stereocenters. The highest BCUT2D eigenvalue weighted by atomic mass is 16.5. The van der Waals surface area contributed by atoms with Gasteiger partial charge in [-0.25, -0.2) is 0 Å². The Morgan fingerprint density at radius 3 is 2.20 bits per heavy atom. The molecule has 1 fully saturated rings. The van der Waals surface area contributed by atoms with Crippen molar-refractivity contribution in [2.45, 2.75) is 44.9 Å². The zero-order valence-electron chi connectivity index (χ0n) is 14.5. The highest BCUT2D eigenvalue weighted by Gasteiger charge is 2.28. The summed E-state index contributed by atoms with van der Waals surface area (Å²) in [6.07, 6.45) is 9.73. The van der Waals surface area contributed by atoms with Crippen LogP contribution in [0.25, 0.3) is 22.5 Å². The third-order valence-electron chi connectivity index (χ3n) is 4.67. The molecule has 0 aromatic carbocycles. The Bertz CT molecular complexity index is 821. The minimum Gasteiger partial charge on any atom is -0.375 e. The van der Waals surface area contributed by atoms with E-state index in [0.29, 0.717) is 6.04 Å². The third-order valence-corrected chi connectivity index (χ3v) is 4.67. The SMILES string of the molecule is CC1CC(n2nc(-c3cccnc3)cc2-c2cccnc2)CC(C)O1. The standard InChI is InChI=1S/C20H22N4O/c1-14-9-18(10-15(2)25-14)24-20(17-6-4-8-22-13-17)11-19(23-24)16-5-3-7-21-12-16/h3-8,11-15,18H,9-10H2,1-2H3. The molecule has 5 heteroatoms. The Hall–Kier alpha value is -2.53. The normalized spacial score (nSPS) is 23.5. The van der Waals surface area contributed by atoms with Gasteiger partial charge in [-0.3, -0.25) is 14.6 Å². The number of hydrogen-bond donors (Lipinski definition) is 0. The summed E-state index contributed by atoms with van der Waals surface area (Å²) in [5.41, 5.74) is 4.15. The molecule has 0 spiro atoms. The molecule has 0 N–H and O–H groups in total. The van der Waals surface area contributed by atoms with E-state index in [-0.39, 0.29) is 12.2 Å². The van der Waals surface area contributed by atoms with Crippen molar-refractivity contribution in [1.29, 1.82) is 0 Å². The number of ether oxygens (including phenoxy) is 1. The Balaban J connectivity index is 1.80. The van der Waals surface area contributed by atoms with Crippen molar-refractivity contribution in [1.82, 2.24) is 19.7 Å². The van der Waals surface area contributed by atoms with Crippen LogP contribution in [0, 0.1) is 0 Å². The average molecular weight is 334 g/mol. The van der Waals surface area contributed by atoms with Gasteiger partial charge in [0.2, 0.25) is 0 Å². The quantitative estimate of drug-likeness (QED) is 0.722. The molecule has 25 heavy (non-hydrogen) atoms. The molecule has 0 saturated carbocycles. The summed E-state index contributed by atoms with van der Waals surface area (Å²) < 4.78 is 8.07. The minimum atomic E-state index is 0.238. The van der Waals surface area contributed by atoms with E-state index in [1.807, 2.05) is 30.6 Å². The molecule has 4 heterocycles. The van der Waals surface area contributed by atoms with Crippen molar-refractivity contribution in [2.24, 2.45) is 0 Å². The van der Waals surface area contributed by atoms with Crippen molar-refractivity contribution in [3.63, 3.8) is 0 Å². The van der Waals surface area contributed by atoms with Crippen molar-refractivity contribution >= 4 is 0 Å². The highest BCUT2D eigenvalue weighted by Crippen LogP contribution is 2.34. The smallest absolute Gasteiger partial charge is 0.0945 e. The van der Waals surface area contributed by atoms with Crippen molar-refractivity contribution in [3.8, 4) is 22.5 Å². The number of pyridine rings is 2. The molecule has 1 saturated heterocycles. The summed E-state index contributed by atoms with van der Waals surface area (Å²) in [6, 6.07) is 10.5. The average Bonchev–Trinajstić information content (AvgIpc) is 3.08. The second-order valence-electron chi connectivity index (χ2n) is 6.73. The van der Waals surface area contributed by atoms with E-state index < -0.39 is 0 Å². The monoisotopic (exact) mass is 334 g/mol. The largest absolute Gasteiger partial charge is 0.375 e. The molecule has 2 atom stereocenters. The summed E-state index contributed by atoms with van der Waals surface area (Å²) in [5.74, 6) is 0. The van der Waals surface area contributed by atoms with Crippen molar-refractivity contribution < 1.29 is 4.74 Å². The van der Waals surface area contributed by atoms with Gasteiger partial charge in [-0.05, 0) is 57.0 Å². The fourth-order valence-electron chi connectivity index (χ4n) is 3.63. The minimum absolute atomic E-state index is 0.238. The number of hydrogen-bond acceptors (Lipinski definition) is 4. The first kappa shape index (κ1) is 16.0. The third kappa shape index (κ3) is 3.33. The first-order valence-corrected chi connectivity index (χ1v) is 8.76. The van der Waals surface area contributed by atoms with Crippen LogP contribution in [-0.2, 0) is 4.74 Å². The highest BCUT2D eigenvalue weighted by molar-refractivity contribution is 5.67. The van der Waals surface area contributed by atoms with Crippen LogP contribution in [0.1, 0.15) is 32.7 Å². The van der Waals surface area contributed by atoms with Crippen LogP contribution in [0.4, 0.5) is 0 Å². The molecule has 5 nitrogen and oxygen atoms in total. The molecule has 128 valence electrons. The lowest BCUT2D eigenvalue weighted by atomic mass is 9.99. The Morgan fingerprint density at radius 2 is 1.60 bits per heavy atom. The van der Waals surface area contributed by atoms with Crippen LogP contribution in [-0.4, -0.2) is 32.0 Å². The van der Waals surface area contributed by atoms with Crippen molar-refractivity contribution in [3.05, 3.63) is 55.1 Å². The van der Waals surface area contributed by atoms with Gasteiger partial charge in [-0.1, -0.05) is 0 Å². The molecular weight excluding hydrogens is 312 g/mol. The first-order valence-electron chi connectivity index (χ1n) is 8.76. The maximum absolute atomic E-state index is 5.91. The van der Waals surface area contributed by atoms with Gasteiger partial charge in [0, 0.05) is 35.9 Å². The summed E-state index contributed by atoms with van der Waals surface area (Å²) in [4.78, 5) is 8.51. The van der Waals surface area contributed by atoms with Crippen LogP contribution < -0.4 is 0 Å². The molecule has 0 aliphatic carbocycles. The molecule has 3 aromatic rings. The van der Waals surface area contributed by atoms with Gasteiger partial charge in [0.15, 0.2) is 0 Å². The van der Waals surface area contributed by atoms with Gasteiger partial charge in [-0.2, -0.15) is 5.10 Å². The van der Waals surface area contributed by atoms with Gasteiger partial charge >= 0.3 is 0 Å². The first-order chi connectivity index (χ1) is 12.2. The number of rotatable bonds is 3. The van der Waals surface area contributed by atoms with Gasteiger partial charge < -0.3 is 4.74 Å². The Labute approximate surface area is 147 Å². The fraction of sp³-hybridized carbons (Fsp3) is 0.350. The summed E-state index contributed by atoms with van der Waals surface area (Å²) >= 11 is 0. The van der Waals surface area contributed by atoms with Crippen LogP contribution in [0.5, 0.6) is 0 Å². The fourth-order valence-corrected chi connectivity index (χ4v) is 3.63. The lowest BCUT2D eigenvalue weighted by molar-refractivity contribution is -0.0503. The predicted molar refractivity (Wildman–Crippen MR) is 97.0 cm³/mol. The van der Waals surface area contributed by atoms with Gasteiger partial charge in [-0.15, -0.1) is 0 Å². The van der Waals surface area contributed by atoms with Crippen LogP contribution >= 0.6 is 0 Å². The Kier molecular flexibility index (Phi) is 4.32. The van der Waals surface area contributed by atoms with Gasteiger partial charge in [0.05, 0.1) is 29.6 Å². The predicted octanol–water partition coefficient (Wildman–Crippen LogP) is 4.14. The molecule has 3 aromatic heterocycles. The van der Waals surface area contributed by atoms with E-state index in [2.05, 4.69) is 40.6 Å². The zero-order chi connectivity index (χ0) is 17.2. The topological polar surface area (TPSA) is 52.8 Å². The molecule has 1 aliphatic heterocycles. The van der Waals surface area contributed by atoms with E-state index in [0.717, 1.165) is 35.4 Å². The van der Waals surface area contributed by atoms with Gasteiger partial charge in [0.1, 0.15) is 0 Å². The number of aromatic nitrogens is 4. The van der Waals surface area contributed by atoms with Crippen molar-refractivity contribution in [2.75, 3.05) is 0 Å². The molecular formula is C20H22N4O. The molecule has 1 aliphatic rings. The molecule has 0 amide bonds. The van der Waals surface area contributed by atoms with E-state index in [1.54, 1.807) is 12.4 Å². The lowest BCUT2D eigenvalue weighted by Crippen LogP contribution is -2.31. The molecule has 4 rings (SSSR count).